The van der Waals surface area contributed by atoms with Gasteiger partial charge in [-0.3, -0.25) is 9.69 Å². The van der Waals surface area contributed by atoms with Gasteiger partial charge in [-0.2, -0.15) is 0 Å². The summed E-state index contributed by atoms with van der Waals surface area (Å²) in [7, 11) is 3.31. The zero-order chi connectivity index (χ0) is 19.4. The third-order valence-electron chi connectivity index (χ3n) is 4.77. The van der Waals surface area contributed by atoms with Crippen LogP contribution in [0.1, 0.15) is 24.1 Å². The van der Waals surface area contributed by atoms with Crippen molar-refractivity contribution in [2.24, 2.45) is 0 Å². The fraction of sp³-hybridized carbons (Fsp3) is 0.474. The SMILES string of the molecule is COc1ccc(F)c(CN2CCC[C@](O)(CN(C)Cc3ccon3)C2=O)c1. The van der Waals surface area contributed by atoms with E-state index in [2.05, 4.69) is 5.16 Å². The first-order chi connectivity index (χ1) is 12.9. The number of aromatic nitrogens is 1. The molecule has 1 saturated heterocycles. The number of piperidine rings is 1. The quantitative estimate of drug-likeness (QED) is 0.793. The van der Waals surface area contributed by atoms with E-state index in [-0.39, 0.29) is 19.0 Å². The summed E-state index contributed by atoms with van der Waals surface area (Å²) >= 11 is 0. The van der Waals surface area contributed by atoms with Gasteiger partial charge in [-0.25, -0.2) is 4.39 Å². The normalized spacial score (nSPS) is 20.3. The summed E-state index contributed by atoms with van der Waals surface area (Å²) in [6, 6.07) is 6.17. The average molecular weight is 377 g/mol. The predicted octanol–water partition coefficient (Wildman–Crippen LogP) is 1.81. The molecular formula is C19H24FN3O4. The Morgan fingerprint density at radius 1 is 1.44 bits per heavy atom. The van der Waals surface area contributed by atoms with Crippen molar-refractivity contribution in [3.05, 3.63) is 47.6 Å². The van der Waals surface area contributed by atoms with Crippen LogP contribution in [0.3, 0.4) is 0 Å². The van der Waals surface area contributed by atoms with E-state index in [9.17, 15) is 14.3 Å². The number of methoxy groups -OCH3 is 1. The molecule has 0 unspecified atom stereocenters. The van der Waals surface area contributed by atoms with Gasteiger partial charge in [0.05, 0.1) is 12.8 Å². The van der Waals surface area contributed by atoms with E-state index >= 15 is 0 Å². The monoisotopic (exact) mass is 377 g/mol. The van der Waals surface area contributed by atoms with Crippen molar-refractivity contribution in [2.45, 2.75) is 31.5 Å². The van der Waals surface area contributed by atoms with Crippen LogP contribution in [0.5, 0.6) is 5.75 Å². The molecule has 1 atom stereocenters. The molecule has 1 aliphatic rings. The maximum absolute atomic E-state index is 14.1. The number of aliphatic hydroxyl groups is 1. The molecule has 2 heterocycles. The Kier molecular flexibility index (Phi) is 5.76. The predicted molar refractivity (Wildman–Crippen MR) is 95.4 cm³/mol. The second kappa shape index (κ2) is 8.06. The van der Waals surface area contributed by atoms with Crippen LogP contribution >= 0.6 is 0 Å². The van der Waals surface area contributed by atoms with E-state index in [4.69, 9.17) is 9.26 Å². The van der Waals surface area contributed by atoms with Gasteiger partial charge < -0.3 is 19.3 Å². The van der Waals surface area contributed by atoms with Crippen molar-refractivity contribution < 1.29 is 23.6 Å². The molecule has 3 rings (SSSR count). The number of carbonyl (C=O) groups is 1. The van der Waals surface area contributed by atoms with Crippen LogP contribution in [0.15, 0.2) is 35.1 Å². The number of nitrogens with zero attached hydrogens (tertiary/aromatic N) is 3. The molecule has 0 aliphatic carbocycles. The van der Waals surface area contributed by atoms with Crippen LogP contribution in [-0.2, 0) is 17.9 Å². The highest BCUT2D eigenvalue weighted by Crippen LogP contribution is 2.27. The van der Waals surface area contributed by atoms with Gasteiger partial charge in [0.2, 0.25) is 0 Å². The average Bonchev–Trinajstić information content (AvgIpc) is 3.13. The van der Waals surface area contributed by atoms with Crippen molar-refractivity contribution in [3.63, 3.8) is 0 Å². The van der Waals surface area contributed by atoms with Crippen LogP contribution in [0.25, 0.3) is 0 Å². The van der Waals surface area contributed by atoms with Crippen LogP contribution in [0.4, 0.5) is 4.39 Å². The van der Waals surface area contributed by atoms with E-state index in [1.807, 2.05) is 4.90 Å². The minimum Gasteiger partial charge on any atom is -0.497 e. The Bertz CT molecular complexity index is 783. The number of halogens is 1. The van der Waals surface area contributed by atoms with Gasteiger partial charge in [0.25, 0.3) is 5.91 Å². The lowest BCUT2D eigenvalue weighted by Gasteiger charge is -2.40. The van der Waals surface area contributed by atoms with Crippen LogP contribution in [0, 0.1) is 5.82 Å². The zero-order valence-electron chi connectivity index (χ0n) is 15.5. The zero-order valence-corrected chi connectivity index (χ0v) is 15.5. The van der Waals surface area contributed by atoms with Crippen LogP contribution in [-0.4, -0.2) is 58.8 Å². The van der Waals surface area contributed by atoms with Gasteiger partial charge in [0.15, 0.2) is 5.60 Å². The summed E-state index contributed by atoms with van der Waals surface area (Å²) < 4.78 is 24.1. The second-order valence-corrected chi connectivity index (χ2v) is 6.98. The van der Waals surface area contributed by atoms with Gasteiger partial charge >= 0.3 is 0 Å². The molecule has 0 saturated carbocycles. The van der Waals surface area contributed by atoms with Crippen molar-refractivity contribution in [1.82, 2.24) is 15.0 Å². The molecule has 1 aliphatic heterocycles. The maximum atomic E-state index is 14.1. The summed E-state index contributed by atoms with van der Waals surface area (Å²) in [6.07, 6.45) is 2.49. The highest BCUT2D eigenvalue weighted by atomic mass is 19.1. The fourth-order valence-corrected chi connectivity index (χ4v) is 3.47. The molecular weight excluding hydrogens is 353 g/mol. The summed E-state index contributed by atoms with van der Waals surface area (Å²) in [6.45, 7) is 1.19. The molecule has 146 valence electrons. The molecule has 1 amide bonds. The number of benzene rings is 1. The summed E-state index contributed by atoms with van der Waals surface area (Å²) in [4.78, 5) is 16.2. The van der Waals surface area contributed by atoms with Gasteiger partial charge in [-0.15, -0.1) is 0 Å². The molecule has 1 fully saturated rings. The Morgan fingerprint density at radius 3 is 2.96 bits per heavy atom. The third-order valence-corrected chi connectivity index (χ3v) is 4.77. The molecule has 8 heteroatoms. The lowest BCUT2D eigenvalue weighted by Crippen LogP contribution is -2.57. The molecule has 2 aromatic rings. The topological polar surface area (TPSA) is 79.0 Å². The van der Waals surface area contributed by atoms with E-state index < -0.39 is 11.4 Å². The van der Waals surface area contributed by atoms with E-state index in [0.29, 0.717) is 37.2 Å². The molecule has 1 aromatic carbocycles. The van der Waals surface area contributed by atoms with Crippen molar-refractivity contribution in [3.8, 4) is 5.75 Å². The van der Waals surface area contributed by atoms with Gasteiger partial charge in [0, 0.05) is 37.8 Å². The van der Waals surface area contributed by atoms with Crippen molar-refractivity contribution >= 4 is 5.91 Å². The summed E-state index contributed by atoms with van der Waals surface area (Å²) in [5.74, 6) is -0.262. The standard InChI is InChI=1S/C19H24FN3O4/c1-22(12-15-6-9-27-21-15)13-19(25)7-3-8-23(18(19)24)11-14-10-16(26-2)4-5-17(14)20/h4-6,9-10,25H,3,7-8,11-13H2,1-2H3/t19-/m0/s1. The summed E-state index contributed by atoms with van der Waals surface area (Å²) in [5.41, 5.74) is -0.422. The Hall–Kier alpha value is -2.45. The highest BCUT2D eigenvalue weighted by Gasteiger charge is 2.43. The number of likely N-dealkylation sites (tertiary alicyclic amines) is 1. The number of hydrogen-bond donors (Lipinski definition) is 1. The van der Waals surface area contributed by atoms with Gasteiger partial charge in [0.1, 0.15) is 17.8 Å². The number of likely N-dealkylation sites (N-methyl/N-ethyl adjacent to an activating group) is 1. The molecule has 1 N–H and O–H groups in total. The maximum Gasteiger partial charge on any atom is 0.256 e. The van der Waals surface area contributed by atoms with E-state index in [0.717, 1.165) is 5.69 Å². The Morgan fingerprint density at radius 2 is 2.26 bits per heavy atom. The van der Waals surface area contributed by atoms with E-state index in [1.165, 1.54) is 30.4 Å². The minimum absolute atomic E-state index is 0.0944. The molecule has 7 nitrogen and oxygen atoms in total. The van der Waals surface area contributed by atoms with Crippen molar-refractivity contribution in [1.29, 1.82) is 0 Å². The van der Waals surface area contributed by atoms with Crippen molar-refractivity contribution in [2.75, 3.05) is 27.2 Å². The molecule has 0 bridgehead atoms. The summed E-state index contributed by atoms with van der Waals surface area (Å²) in [5, 5.41) is 14.8. The molecule has 0 spiro atoms. The van der Waals surface area contributed by atoms with Crippen LogP contribution < -0.4 is 4.74 Å². The van der Waals surface area contributed by atoms with Crippen LogP contribution in [0.2, 0.25) is 0 Å². The molecule has 1 aromatic heterocycles. The number of carbonyl (C=O) groups excluding carboxylic acids is 1. The minimum atomic E-state index is -1.51. The van der Waals surface area contributed by atoms with Gasteiger partial charge in [-0.05, 0) is 38.1 Å². The van der Waals surface area contributed by atoms with E-state index in [1.54, 1.807) is 19.2 Å². The lowest BCUT2D eigenvalue weighted by atomic mass is 9.90. The Labute approximate surface area is 157 Å². The Balaban J connectivity index is 1.69. The fourth-order valence-electron chi connectivity index (χ4n) is 3.47. The number of amides is 1. The highest BCUT2D eigenvalue weighted by molar-refractivity contribution is 5.86. The third kappa shape index (κ3) is 4.45. The lowest BCUT2D eigenvalue weighted by molar-refractivity contribution is -0.160. The molecule has 27 heavy (non-hydrogen) atoms. The number of rotatable bonds is 7. The molecule has 0 radical (unpaired) electrons. The van der Waals surface area contributed by atoms with Gasteiger partial charge in [-0.1, -0.05) is 5.16 Å². The number of ether oxygens (including phenoxy) is 1. The first kappa shape index (κ1) is 19.3. The first-order valence-electron chi connectivity index (χ1n) is 8.83. The largest absolute Gasteiger partial charge is 0.497 e. The smallest absolute Gasteiger partial charge is 0.256 e. The second-order valence-electron chi connectivity index (χ2n) is 6.98. The number of hydrogen-bond acceptors (Lipinski definition) is 6. The first-order valence-corrected chi connectivity index (χ1v) is 8.83.